The number of hydrogen-bond acceptors (Lipinski definition) is 19. The average Bonchev–Trinajstić information content (AvgIpc) is 3.09. The van der Waals surface area contributed by atoms with Crippen molar-refractivity contribution >= 4 is 22.9 Å². The van der Waals surface area contributed by atoms with Gasteiger partial charge in [-0.25, -0.2) is 9.21 Å². The van der Waals surface area contributed by atoms with Crippen LogP contribution in [0.5, 0.6) is 34.5 Å². The van der Waals surface area contributed by atoms with Crippen LogP contribution < -0.4 is 9.47 Å². The number of phenolic OH excluding ortho intramolecular Hbond substituents is 4. The van der Waals surface area contributed by atoms with Gasteiger partial charge in [-0.05, 0) is 0 Å². The smallest absolute Gasteiger partial charge is 0.402 e. The molecule has 284 valence electrons. The Kier molecular flexibility index (Phi) is 11.4. The van der Waals surface area contributed by atoms with Gasteiger partial charge in [0.15, 0.2) is 23.4 Å². The third-order valence-corrected chi connectivity index (χ3v) is 8.19. The Morgan fingerprint density at radius 3 is 1.88 bits per heavy atom. The Morgan fingerprint density at radius 1 is 0.750 bits per heavy atom. The van der Waals surface area contributed by atoms with Crippen molar-refractivity contribution in [1.29, 1.82) is 0 Å². The molecule has 2 fully saturated rings. The molecule has 2 saturated heterocycles. The van der Waals surface area contributed by atoms with E-state index < -0.39 is 134 Å². The Bertz CT molecular complexity index is 1760. The van der Waals surface area contributed by atoms with Crippen molar-refractivity contribution in [3.05, 3.63) is 30.3 Å². The van der Waals surface area contributed by atoms with Gasteiger partial charge in [-0.3, -0.25) is 4.79 Å². The van der Waals surface area contributed by atoms with Gasteiger partial charge in [0, 0.05) is 24.3 Å². The molecule has 13 N–H and O–H groups in total. The summed E-state index contributed by atoms with van der Waals surface area (Å²) in [6.07, 6.45) is -21.2. The zero-order valence-electron chi connectivity index (χ0n) is 26.4. The van der Waals surface area contributed by atoms with E-state index in [2.05, 4.69) is 0 Å². The van der Waals surface area contributed by atoms with Crippen molar-refractivity contribution < 1.29 is 104 Å². The second-order valence-corrected chi connectivity index (χ2v) is 11.8. The van der Waals surface area contributed by atoms with Crippen LogP contribution in [-0.4, -0.2) is 159 Å². The minimum Gasteiger partial charge on any atom is -0.507 e. The van der Waals surface area contributed by atoms with E-state index in [9.17, 15) is 70.9 Å². The number of aliphatic hydroxyl groups is 8. The molecule has 0 aliphatic carbocycles. The normalized spacial score (nSPS) is 29.7. The quantitative estimate of drug-likeness (QED) is 0.0527. The number of esters is 1. The van der Waals surface area contributed by atoms with Crippen molar-refractivity contribution in [2.75, 3.05) is 13.2 Å². The van der Waals surface area contributed by atoms with Crippen LogP contribution in [0, 0.1) is 0 Å². The molecule has 1 aromatic heterocycles. The van der Waals surface area contributed by atoms with E-state index in [0.29, 0.717) is 0 Å². The van der Waals surface area contributed by atoms with E-state index >= 15 is 0 Å². The van der Waals surface area contributed by atoms with Gasteiger partial charge in [0.1, 0.15) is 72.3 Å². The third-order valence-electron chi connectivity index (χ3n) is 8.19. The molecule has 2 aliphatic heterocycles. The first kappa shape index (κ1) is 38.4. The summed E-state index contributed by atoms with van der Waals surface area (Å²) in [5, 5.41) is 131. The second kappa shape index (κ2) is 15.4. The summed E-state index contributed by atoms with van der Waals surface area (Å²) >= 11 is 0. The highest BCUT2D eigenvalue weighted by molar-refractivity contribution is 5.89. The van der Waals surface area contributed by atoms with Crippen LogP contribution in [0.4, 0.5) is 0 Å². The van der Waals surface area contributed by atoms with Gasteiger partial charge >= 0.3 is 23.3 Å². The number of carbonyl (C=O) groups excluding carboxylic acids is 1. The summed E-state index contributed by atoms with van der Waals surface area (Å²) in [6.45, 7) is -1.62. The number of rotatable bonds is 11. The summed E-state index contributed by atoms with van der Waals surface area (Å²) in [6, 6.07) is 5.06. The fourth-order valence-electron chi connectivity index (χ4n) is 5.34. The number of carboxylic acids is 1. The summed E-state index contributed by atoms with van der Waals surface area (Å²) in [7, 11) is 0. The molecule has 0 saturated carbocycles. The molecular weight excluding hydrogens is 708 g/mol. The second-order valence-electron chi connectivity index (χ2n) is 11.8. The molecule has 11 atom stereocenters. The number of benzene rings is 2. The first-order chi connectivity index (χ1) is 24.5. The van der Waals surface area contributed by atoms with Crippen molar-refractivity contribution in [2.24, 2.45) is 0 Å². The number of hydrogen-bond donors (Lipinski definition) is 13. The number of carbonyl (C=O) groups is 2. The van der Waals surface area contributed by atoms with E-state index in [1.165, 1.54) is 0 Å². The van der Waals surface area contributed by atoms with Crippen LogP contribution in [0.3, 0.4) is 0 Å². The lowest BCUT2D eigenvalue weighted by Crippen LogP contribution is -2.60. The topological polar surface area (TPSA) is 355 Å². The fraction of sp³-hybridized carbons (Fsp3) is 0.452. The van der Waals surface area contributed by atoms with Crippen LogP contribution >= 0.6 is 0 Å². The summed E-state index contributed by atoms with van der Waals surface area (Å²) in [5.74, 6) is -7.17. The van der Waals surface area contributed by atoms with E-state index in [-0.39, 0.29) is 22.3 Å². The lowest BCUT2D eigenvalue weighted by atomic mass is 9.99. The lowest BCUT2D eigenvalue weighted by Gasteiger charge is -2.39. The summed E-state index contributed by atoms with van der Waals surface area (Å²) in [5.41, 5.74) is -0.416. The highest BCUT2D eigenvalue weighted by Crippen LogP contribution is 2.45. The van der Waals surface area contributed by atoms with Gasteiger partial charge in [0.05, 0.1) is 24.7 Å². The van der Waals surface area contributed by atoms with E-state index in [1.807, 2.05) is 0 Å². The maximum atomic E-state index is 12.0. The number of phenols is 4. The highest BCUT2D eigenvalue weighted by atomic mass is 16.7. The molecule has 21 nitrogen and oxygen atoms in total. The molecule has 0 radical (unpaired) electrons. The Hall–Kier alpha value is -4.81. The minimum atomic E-state index is -2.10. The summed E-state index contributed by atoms with van der Waals surface area (Å²) in [4.78, 5) is 22.9. The molecule has 5 unspecified atom stereocenters. The van der Waals surface area contributed by atoms with Gasteiger partial charge in [-0.15, -0.1) is 0 Å². The highest BCUT2D eigenvalue weighted by Gasteiger charge is 2.47. The first-order valence-electron chi connectivity index (χ1n) is 15.3. The van der Waals surface area contributed by atoms with Crippen LogP contribution in [0.2, 0.25) is 0 Å². The van der Waals surface area contributed by atoms with Crippen molar-refractivity contribution in [2.45, 2.75) is 73.9 Å². The first-order valence-corrected chi connectivity index (χ1v) is 15.3. The predicted octanol–water partition coefficient (Wildman–Crippen LogP) is -3.05. The maximum absolute atomic E-state index is 12.0. The van der Waals surface area contributed by atoms with Gasteiger partial charge < -0.3 is 90.1 Å². The molecule has 0 bridgehead atoms. The molecule has 21 heteroatoms. The van der Waals surface area contributed by atoms with Gasteiger partial charge in [-0.1, -0.05) is 0 Å². The number of fused-ring (bicyclic) bond motifs is 1. The molecule has 0 spiro atoms. The zero-order chi connectivity index (χ0) is 38.2. The molecule has 2 aliphatic rings. The molecule has 0 amide bonds. The SMILES string of the molecule is O=C(CC(O)C(=O)O)OC[C@@H]1OC(Oc2cc3c(O[C@@H]4OC(CO)[C@@H](O)[C@H](O)C4O)cc(O)cc3[o+]c2-c2cc(O)c(O)c(O)c2)[C@@H](O)C(O)[C@H]1O. The van der Waals surface area contributed by atoms with Crippen LogP contribution in [0.1, 0.15) is 6.42 Å². The fourth-order valence-corrected chi connectivity index (χ4v) is 5.34. The van der Waals surface area contributed by atoms with E-state index in [4.69, 9.17) is 33.2 Å². The number of ether oxygens (including phenoxy) is 5. The number of aromatic hydroxyl groups is 4. The molecule has 52 heavy (non-hydrogen) atoms. The van der Waals surface area contributed by atoms with Crippen LogP contribution in [-0.2, 0) is 23.8 Å². The van der Waals surface area contributed by atoms with Gasteiger partial charge in [-0.2, -0.15) is 0 Å². The zero-order valence-corrected chi connectivity index (χ0v) is 26.4. The molecule has 3 heterocycles. The van der Waals surface area contributed by atoms with Crippen LogP contribution in [0.15, 0.2) is 34.7 Å². The largest absolute Gasteiger partial charge is 0.507 e. The Labute approximate surface area is 290 Å². The van der Waals surface area contributed by atoms with E-state index in [0.717, 1.165) is 30.3 Å². The Balaban J connectivity index is 1.54. The summed E-state index contributed by atoms with van der Waals surface area (Å²) < 4.78 is 33.3. The average molecular weight is 744 g/mol. The van der Waals surface area contributed by atoms with Gasteiger partial charge in [0.2, 0.25) is 18.3 Å². The third kappa shape index (κ3) is 7.83. The lowest BCUT2D eigenvalue weighted by molar-refractivity contribution is -0.278. The predicted molar refractivity (Wildman–Crippen MR) is 164 cm³/mol. The number of aliphatic hydroxyl groups excluding tert-OH is 8. The van der Waals surface area contributed by atoms with Crippen LogP contribution in [0.25, 0.3) is 22.3 Å². The van der Waals surface area contributed by atoms with Crippen molar-refractivity contribution in [1.82, 2.24) is 0 Å². The molecule has 5 rings (SSSR count). The maximum Gasteiger partial charge on any atom is 0.402 e. The minimum absolute atomic E-state index is 0.103. The van der Waals surface area contributed by atoms with Gasteiger partial charge in [0.25, 0.3) is 0 Å². The van der Waals surface area contributed by atoms with E-state index in [1.54, 1.807) is 0 Å². The monoisotopic (exact) mass is 743 g/mol. The molecular formula is C31H35O21+. The molecule has 2 aromatic carbocycles. The molecule has 3 aromatic rings. The number of carboxylic acid groups (broad SMARTS) is 1. The standard InChI is InChI=1S/C31H34O21/c32-7-18-22(39)24(41)26(43)30(51-18)49-16-4-10(33)3-15-11(16)5-17(28(48-15)9-1-12(34)21(38)13(35)2-9)50-31-27(44)25(42)23(40)19(52-31)8-47-20(37)6-14(36)29(45)46/h1-5,14,18-19,22-27,30-32,36,39-44H,6-8H2,(H4-,33,34,35,38,45,46)/p+1/t14?,18?,19-,22+,23-,24-,25?,26?,27-,30+,31?/m0/s1. The van der Waals surface area contributed by atoms with Crippen molar-refractivity contribution in [3.8, 4) is 45.8 Å². The number of aliphatic carboxylic acids is 1. The van der Waals surface area contributed by atoms with Crippen molar-refractivity contribution in [3.63, 3.8) is 0 Å². The Morgan fingerprint density at radius 2 is 1.31 bits per heavy atom.